The summed E-state index contributed by atoms with van der Waals surface area (Å²) in [6.07, 6.45) is 4.91. The van der Waals surface area contributed by atoms with Crippen LogP contribution in [0.5, 0.6) is 0 Å². The fourth-order valence-corrected chi connectivity index (χ4v) is 4.03. The highest BCUT2D eigenvalue weighted by atomic mass is 32.1. The average molecular weight is 339 g/mol. The molecular formula is C17H27N2O3S+. The molecule has 6 heteroatoms. The molecule has 23 heavy (non-hydrogen) atoms. The molecular weight excluding hydrogens is 312 g/mol. The Bertz CT molecular complexity index is 560. The van der Waals surface area contributed by atoms with Gasteiger partial charge in [0.2, 0.25) is 0 Å². The van der Waals surface area contributed by atoms with Crippen molar-refractivity contribution in [1.29, 1.82) is 0 Å². The van der Waals surface area contributed by atoms with Crippen LogP contribution in [0.2, 0.25) is 0 Å². The molecule has 1 amide bonds. The number of nitrogens with one attached hydrogen (secondary N) is 2. The standard InChI is InChI=1S/C17H26N2O3S/c1-4-22-17(21)15-12(2)13(3)23-16(15)18-14(20)11-19-9-7-5-6-8-10-19/h4-11H2,1-3H3,(H,18,20)/p+1. The van der Waals surface area contributed by atoms with E-state index < -0.39 is 0 Å². The maximum Gasteiger partial charge on any atom is 0.341 e. The van der Waals surface area contributed by atoms with Gasteiger partial charge in [-0.25, -0.2) is 4.79 Å². The predicted octanol–water partition coefficient (Wildman–Crippen LogP) is 1.94. The lowest BCUT2D eigenvalue weighted by atomic mass is 10.1. The zero-order chi connectivity index (χ0) is 16.8. The molecule has 1 saturated heterocycles. The van der Waals surface area contributed by atoms with E-state index in [1.807, 2.05) is 13.8 Å². The fraction of sp³-hybridized carbons (Fsp3) is 0.647. The summed E-state index contributed by atoms with van der Waals surface area (Å²) in [7, 11) is 0. The summed E-state index contributed by atoms with van der Waals surface area (Å²) in [5.41, 5.74) is 1.40. The molecule has 0 radical (unpaired) electrons. The molecule has 1 aromatic heterocycles. The molecule has 0 atom stereocenters. The van der Waals surface area contributed by atoms with E-state index in [9.17, 15) is 9.59 Å². The number of esters is 1. The Kier molecular flexibility index (Phi) is 6.59. The van der Waals surface area contributed by atoms with Crippen molar-refractivity contribution in [3.05, 3.63) is 16.0 Å². The van der Waals surface area contributed by atoms with Crippen LogP contribution in [0.4, 0.5) is 5.00 Å². The van der Waals surface area contributed by atoms with E-state index in [2.05, 4.69) is 5.32 Å². The number of amides is 1. The van der Waals surface area contributed by atoms with Crippen molar-refractivity contribution in [2.75, 3.05) is 31.6 Å². The summed E-state index contributed by atoms with van der Waals surface area (Å²) >= 11 is 1.45. The van der Waals surface area contributed by atoms with Crippen molar-refractivity contribution in [3.63, 3.8) is 0 Å². The molecule has 0 saturated carbocycles. The minimum atomic E-state index is -0.355. The molecule has 0 aliphatic carbocycles. The summed E-state index contributed by atoms with van der Waals surface area (Å²) in [6, 6.07) is 0. The summed E-state index contributed by atoms with van der Waals surface area (Å²) in [5.74, 6) is -0.375. The van der Waals surface area contributed by atoms with Crippen LogP contribution >= 0.6 is 11.3 Å². The van der Waals surface area contributed by atoms with Gasteiger partial charge in [0.15, 0.2) is 6.54 Å². The van der Waals surface area contributed by atoms with Gasteiger partial charge in [-0.3, -0.25) is 4.79 Å². The Balaban J connectivity index is 2.05. The van der Waals surface area contributed by atoms with Crippen molar-refractivity contribution in [2.45, 2.75) is 46.5 Å². The summed E-state index contributed by atoms with van der Waals surface area (Å²) in [6.45, 7) is 8.55. The molecule has 2 N–H and O–H groups in total. The van der Waals surface area contributed by atoms with Crippen LogP contribution in [0.1, 0.15) is 53.4 Å². The summed E-state index contributed by atoms with van der Waals surface area (Å²) in [5, 5.41) is 3.56. The van der Waals surface area contributed by atoms with E-state index in [1.165, 1.54) is 41.9 Å². The number of rotatable bonds is 5. The molecule has 0 spiro atoms. The molecule has 2 heterocycles. The van der Waals surface area contributed by atoms with Crippen LogP contribution in [-0.4, -0.2) is 38.1 Å². The number of aryl methyl sites for hydroxylation is 1. The molecule has 0 aromatic carbocycles. The van der Waals surface area contributed by atoms with Gasteiger partial charge in [0.1, 0.15) is 5.00 Å². The second-order valence-electron chi connectivity index (χ2n) is 6.10. The Labute approximate surface area is 142 Å². The molecule has 2 rings (SSSR count). The number of hydrogen-bond donors (Lipinski definition) is 2. The van der Waals surface area contributed by atoms with Crippen molar-refractivity contribution in [3.8, 4) is 0 Å². The van der Waals surface area contributed by atoms with Gasteiger partial charge in [0.25, 0.3) is 5.91 Å². The third-order valence-corrected chi connectivity index (χ3v) is 5.46. The lowest BCUT2D eigenvalue weighted by Crippen LogP contribution is -3.12. The van der Waals surface area contributed by atoms with Gasteiger partial charge in [-0.2, -0.15) is 0 Å². The number of hydrogen-bond acceptors (Lipinski definition) is 4. The molecule has 1 aliphatic rings. The maximum atomic E-state index is 12.4. The monoisotopic (exact) mass is 339 g/mol. The first-order valence-corrected chi connectivity index (χ1v) is 9.25. The normalized spacial score (nSPS) is 16.0. The number of thiophene rings is 1. The first-order chi connectivity index (χ1) is 11.0. The smallest absolute Gasteiger partial charge is 0.341 e. The van der Waals surface area contributed by atoms with E-state index in [1.54, 1.807) is 6.92 Å². The van der Waals surface area contributed by atoms with E-state index in [4.69, 9.17) is 4.74 Å². The second-order valence-corrected chi connectivity index (χ2v) is 7.32. The van der Waals surface area contributed by atoms with Gasteiger partial charge < -0.3 is 15.0 Å². The number of anilines is 1. The van der Waals surface area contributed by atoms with Gasteiger partial charge in [0.05, 0.1) is 25.3 Å². The number of ether oxygens (including phenoxy) is 1. The molecule has 5 nitrogen and oxygen atoms in total. The lowest BCUT2D eigenvalue weighted by molar-refractivity contribution is -0.890. The Morgan fingerprint density at radius 2 is 1.83 bits per heavy atom. The van der Waals surface area contributed by atoms with Crippen LogP contribution in [-0.2, 0) is 9.53 Å². The first-order valence-electron chi connectivity index (χ1n) is 8.43. The Morgan fingerprint density at radius 3 is 2.43 bits per heavy atom. The van der Waals surface area contributed by atoms with Gasteiger partial charge >= 0.3 is 5.97 Å². The van der Waals surface area contributed by atoms with Crippen molar-refractivity contribution in [1.82, 2.24) is 0 Å². The Hall–Kier alpha value is -1.40. The van der Waals surface area contributed by atoms with E-state index in [-0.39, 0.29) is 11.9 Å². The van der Waals surface area contributed by atoms with Gasteiger partial charge in [-0.1, -0.05) is 0 Å². The topological polar surface area (TPSA) is 59.8 Å². The number of quaternary nitrogens is 1. The Morgan fingerprint density at radius 1 is 1.17 bits per heavy atom. The fourth-order valence-electron chi connectivity index (χ4n) is 2.97. The number of carbonyl (C=O) groups excluding carboxylic acids is 2. The van der Waals surface area contributed by atoms with Crippen molar-refractivity contribution < 1.29 is 19.2 Å². The molecule has 128 valence electrons. The van der Waals surface area contributed by atoms with Gasteiger partial charge in [0, 0.05) is 4.88 Å². The highest BCUT2D eigenvalue weighted by Crippen LogP contribution is 2.32. The molecule has 1 aliphatic heterocycles. The van der Waals surface area contributed by atoms with E-state index in [0.29, 0.717) is 23.7 Å². The largest absolute Gasteiger partial charge is 0.462 e. The minimum Gasteiger partial charge on any atom is -0.462 e. The highest BCUT2D eigenvalue weighted by molar-refractivity contribution is 7.16. The number of carbonyl (C=O) groups is 2. The lowest BCUT2D eigenvalue weighted by Gasteiger charge is -2.16. The minimum absolute atomic E-state index is 0.0197. The summed E-state index contributed by atoms with van der Waals surface area (Å²) in [4.78, 5) is 26.9. The van der Waals surface area contributed by atoms with Gasteiger partial charge in [-0.15, -0.1) is 11.3 Å². The zero-order valence-electron chi connectivity index (χ0n) is 14.3. The third-order valence-electron chi connectivity index (χ3n) is 4.34. The molecule has 1 fully saturated rings. The summed E-state index contributed by atoms with van der Waals surface area (Å²) < 4.78 is 5.12. The average Bonchev–Trinajstić information content (AvgIpc) is 2.68. The zero-order valence-corrected chi connectivity index (χ0v) is 15.1. The second kappa shape index (κ2) is 8.45. The van der Waals surface area contributed by atoms with Crippen LogP contribution < -0.4 is 10.2 Å². The van der Waals surface area contributed by atoms with E-state index in [0.717, 1.165) is 23.5 Å². The third kappa shape index (κ3) is 4.78. The highest BCUT2D eigenvalue weighted by Gasteiger charge is 2.23. The van der Waals surface area contributed by atoms with Crippen molar-refractivity contribution >= 4 is 28.2 Å². The van der Waals surface area contributed by atoms with Crippen LogP contribution in [0.25, 0.3) is 0 Å². The van der Waals surface area contributed by atoms with Crippen molar-refractivity contribution in [2.24, 2.45) is 0 Å². The van der Waals surface area contributed by atoms with Crippen LogP contribution in [0, 0.1) is 13.8 Å². The molecule has 0 unspecified atom stereocenters. The molecule has 0 bridgehead atoms. The molecule has 1 aromatic rings. The van der Waals surface area contributed by atoms with E-state index >= 15 is 0 Å². The van der Waals surface area contributed by atoms with Crippen LogP contribution in [0.15, 0.2) is 0 Å². The predicted molar refractivity (Wildman–Crippen MR) is 92.4 cm³/mol. The quantitative estimate of drug-likeness (QED) is 0.806. The maximum absolute atomic E-state index is 12.4. The SMILES string of the molecule is CCOC(=O)c1c(NC(=O)C[NH+]2CCCCCC2)sc(C)c1C. The number of likely N-dealkylation sites (tertiary alicyclic amines) is 1. The first kappa shape index (κ1) is 17.9. The van der Waals surface area contributed by atoms with Gasteiger partial charge in [-0.05, 0) is 52.0 Å². The van der Waals surface area contributed by atoms with Crippen LogP contribution in [0.3, 0.4) is 0 Å².